The highest BCUT2D eigenvalue weighted by Gasteiger charge is 2.41. The summed E-state index contributed by atoms with van der Waals surface area (Å²) in [7, 11) is 0. The minimum absolute atomic E-state index is 0.00988. The van der Waals surface area contributed by atoms with E-state index in [1.165, 1.54) is 17.0 Å². The molecule has 1 saturated heterocycles. The van der Waals surface area contributed by atoms with Gasteiger partial charge in [0.1, 0.15) is 24.7 Å². The van der Waals surface area contributed by atoms with Crippen molar-refractivity contribution in [2.24, 2.45) is 0 Å². The van der Waals surface area contributed by atoms with Gasteiger partial charge >= 0.3 is 6.18 Å². The maximum atomic E-state index is 14.5. The monoisotopic (exact) mass is 789 g/mol. The van der Waals surface area contributed by atoms with Crippen LogP contribution >= 0.6 is 11.6 Å². The first-order valence-corrected chi connectivity index (χ1v) is 18.4. The molecule has 56 heavy (non-hydrogen) atoms. The second-order valence-corrected chi connectivity index (χ2v) is 14.1. The maximum absolute atomic E-state index is 14.5. The third kappa shape index (κ3) is 7.07. The number of alkyl halides is 3. The van der Waals surface area contributed by atoms with Crippen LogP contribution in [0.25, 0.3) is 11.4 Å². The van der Waals surface area contributed by atoms with Crippen LogP contribution in [0.5, 0.6) is 5.75 Å². The molecule has 0 aliphatic carbocycles. The molecule has 0 spiro atoms. The van der Waals surface area contributed by atoms with Gasteiger partial charge in [-0.05, 0) is 42.2 Å². The van der Waals surface area contributed by atoms with Crippen LogP contribution in [0.3, 0.4) is 0 Å². The van der Waals surface area contributed by atoms with E-state index in [1.807, 2.05) is 48.2 Å². The van der Waals surface area contributed by atoms with Gasteiger partial charge in [0.2, 0.25) is 11.7 Å². The molecule has 3 aromatic heterocycles. The van der Waals surface area contributed by atoms with Gasteiger partial charge in [-0.15, -0.1) is 5.10 Å². The Labute approximate surface area is 322 Å². The van der Waals surface area contributed by atoms with Crippen molar-refractivity contribution < 1.29 is 32.2 Å². The molecular formula is C38H35ClF3N9O5. The fraction of sp³-hybridized carbons (Fsp3) is 0.342. The summed E-state index contributed by atoms with van der Waals surface area (Å²) in [5.74, 6) is -0.483. The van der Waals surface area contributed by atoms with Gasteiger partial charge in [-0.1, -0.05) is 54.9 Å². The lowest BCUT2D eigenvalue weighted by atomic mass is 10.0. The number of fused-ring (bicyclic) bond motifs is 3. The molecule has 8 rings (SSSR count). The fourth-order valence-corrected chi connectivity index (χ4v) is 7.58. The summed E-state index contributed by atoms with van der Waals surface area (Å²) < 4.78 is 54.3. The first-order valence-electron chi connectivity index (χ1n) is 18.0. The number of carbonyl (C=O) groups is 2. The summed E-state index contributed by atoms with van der Waals surface area (Å²) >= 11 is 6.22. The van der Waals surface area contributed by atoms with Gasteiger partial charge in [0.15, 0.2) is 17.3 Å². The van der Waals surface area contributed by atoms with E-state index < -0.39 is 29.2 Å². The van der Waals surface area contributed by atoms with E-state index in [-0.39, 0.29) is 79.0 Å². The number of hydrogen-bond acceptors (Lipinski definition) is 10. The number of amides is 2. The minimum Gasteiger partial charge on any atom is -0.485 e. The number of hydrogen-bond donors (Lipinski definition) is 1. The lowest BCUT2D eigenvalue weighted by Crippen LogP contribution is -2.51. The van der Waals surface area contributed by atoms with Gasteiger partial charge in [0.05, 0.1) is 41.4 Å². The van der Waals surface area contributed by atoms with Crippen LogP contribution in [0.1, 0.15) is 64.9 Å². The van der Waals surface area contributed by atoms with Crippen LogP contribution in [0.2, 0.25) is 5.02 Å². The standard InChI is InChI=1S/C38H35ClF3N9O5/c1-22-17-28(34(52)45-27-8-7-25(18-26(27)39)38(40,41)42)50-31(22)32(36(54)51-37(50)46-33(47-51)24-9-15-55-16-10-24)48-11-13-49(14-12-48)35(53)30-29(19-43-21-44-30)56-20-23-5-3-2-4-6-23/h2-9,18-19,21-22,28H,10-17,20H2,1H3,(H,45,52)/t22-,28-/m1/s1. The second kappa shape index (κ2) is 15.0. The molecule has 1 N–H and O–H groups in total. The summed E-state index contributed by atoms with van der Waals surface area (Å²) in [5.41, 5.74) is 1.36. The predicted molar refractivity (Wildman–Crippen MR) is 199 cm³/mol. The van der Waals surface area contributed by atoms with E-state index in [4.69, 9.17) is 26.1 Å². The molecule has 6 heterocycles. The van der Waals surface area contributed by atoms with E-state index in [9.17, 15) is 27.6 Å². The van der Waals surface area contributed by atoms with Crippen LogP contribution in [0.4, 0.5) is 24.5 Å². The summed E-state index contributed by atoms with van der Waals surface area (Å²) in [6.07, 6.45) is 0.771. The number of benzene rings is 2. The number of nitrogens with one attached hydrogen (secondary N) is 1. The molecule has 2 atom stereocenters. The Morgan fingerprint density at radius 1 is 1.09 bits per heavy atom. The van der Waals surface area contributed by atoms with Crippen LogP contribution in [-0.2, 0) is 22.3 Å². The maximum Gasteiger partial charge on any atom is 0.416 e. The van der Waals surface area contributed by atoms with E-state index in [1.54, 1.807) is 9.47 Å². The first kappa shape index (κ1) is 37.1. The third-order valence-electron chi connectivity index (χ3n) is 10.2. The Balaban J connectivity index is 1.10. The number of rotatable bonds is 8. The molecule has 290 valence electrons. The molecule has 0 radical (unpaired) electrons. The lowest BCUT2D eigenvalue weighted by Gasteiger charge is -2.36. The Morgan fingerprint density at radius 2 is 1.88 bits per heavy atom. The van der Waals surface area contributed by atoms with Crippen molar-refractivity contribution in [3.05, 3.63) is 111 Å². The zero-order valence-electron chi connectivity index (χ0n) is 30.0. The van der Waals surface area contributed by atoms with Crippen molar-refractivity contribution in [2.75, 3.05) is 49.6 Å². The molecule has 5 aromatic rings. The molecule has 0 bridgehead atoms. The Bertz CT molecular complexity index is 2410. The molecule has 18 heteroatoms. The quantitative estimate of drug-likeness (QED) is 0.217. The van der Waals surface area contributed by atoms with Gasteiger partial charge < -0.3 is 24.6 Å². The van der Waals surface area contributed by atoms with Gasteiger partial charge in [-0.3, -0.25) is 19.0 Å². The van der Waals surface area contributed by atoms with E-state index >= 15 is 0 Å². The molecule has 3 aliphatic heterocycles. The Kier molecular flexibility index (Phi) is 9.96. The van der Waals surface area contributed by atoms with Gasteiger partial charge in [-0.25, -0.2) is 9.97 Å². The zero-order chi connectivity index (χ0) is 39.1. The third-order valence-corrected chi connectivity index (χ3v) is 10.5. The number of piperazine rings is 1. The second-order valence-electron chi connectivity index (χ2n) is 13.7. The minimum atomic E-state index is -4.61. The van der Waals surface area contributed by atoms with E-state index in [0.29, 0.717) is 36.8 Å². The first-order chi connectivity index (χ1) is 27.0. The van der Waals surface area contributed by atoms with Crippen molar-refractivity contribution in [1.29, 1.82) is 0 Å². The molecule has 14 nitrogen and oxygen atoms in total. The summed E-state index contributed by atoms with van der Waals surface area (Å²) in [6.45, 7) is 3.99. The normalized spacial score (nSPS) is 18.5. The van der Waals surface area contributed by atoms with E-state index in [0.717, 1.165) is 29.3 Å². The molecule has 2 amide bonds. The molecule has 0 unspecified atom stereocenters. The lowest BCUT2D eigenvalue weighted by molar-refractivity contribution is -0.137. The summed E-state index contributed by atoms with van der Waals surface area (Å²) in [5, 5.41) is 7.04. The largest absolute Gasteiger partial charge is 0.485 e. The number of ether oxygens (including phenoxy) is 2. The van der Waals surface area contributed by atoms with Gasteiger partial charge in [0, 0.05) is 32.1 Å². The Morgan fingerprint density at radius 3 is 2.59 bits per heavy atom. The average molecular weight is 790 g/mol. The van der Waals surface area contributed by atoms with Crippen molar-refractivity contribution in [3.63, 3.8) is 0 Å². The van der Waals surface area contributed by atoms with Crippen molar-refractivity contribution >= 4 is 46.1 Å². The predicted octanol–water partition coefficient (Wildman–Crippen LogP) is 5.39. The highest BCUT2D eigenvalue weighted by Crippen LogP contribution is 2.42. The number of nitrogens with zero attached hydrogens (tertiary/aromatic N) is 8. The number of aromatic nitrogens is 6. The average Bonchev–Trinajstić information content (AvgIpc) is 3.81. The van der Waals surface area contributed by atoms with Crippen molar-refractivity contribution in [1.82, 2.24) is 34.0 Å². The van der Waals surface area contributed by atoms with Crippen LogP contribution in [0.15, 0.2) is 71.9 Å². The van der Waals surface area contributed by atoms with Crippen LogP contribution < -0.4 is 20.5 Å². The molecule has 2 aromatic carbocycles. The number of carbonyl (C=O) groups excluding carboxylic acids is 2. The van der Waals surface area contributed by atoms with E-state index in [2.05, 4.69) is 20.4 Å². The highest BCUT2D eigenvalue weighted by molar-refractivity contribution is 6.33. The topological polar surface area (TPSA) is 149 Å². The molecule has 3 aliphatic rings. The SMILES string of the molecule is C[C@@H]1C[C@H](C(=O)Nc2ccc(C(F)(F)F)cc2Cl)n2c1c(N1CCN(C(=O)c3ncncc3OCc3ccccc3)CC1)c(=O)n1nc(C3=CCOCC3)nc21. The molecule has 1 fully saturated rings. The molecule has 0 saturated carbocycles. The van der Waals surface area contributed by atoms with Crippen LogP contribution in [0, 0.1) is 0 Å². The van der Waals surface area contributed by atoms with Crippen LogP contribution in [-0.4, -0.2) is 85.2 Å². The number of anilines is 2. The van der Waals surface area contributed by atoms with Crippen molar-refractivity contribution in [2.45, 2.75) is 44.5 Å². The van der Waals surface area contributed by atoms with Gasteiger partial charge in [-0.2, -0.15) is 22.7 Å². The summed E-state index contributed by atoms with van der Waals surface area (Å²) in [4.78, 5) is 58.9. The smallest absolute Gasteiger partial charge is 0.416 e. The summed E-state index contributed by atoms with van der Waals surface area (Å²) in [6, 6.07) is 11.3. The molecular weight excluding hydrogens is 755 g/mol. The number of halogens is 4. The van der Waals surface area contributed by atoms with Gasteiger partial charge in [0.25, 0.3) is 11.5 Å². The van der Waals surface area contributed by atoms with Crippen molar-refractivity contribution in [3.8, 4) is 5.75 Å². The highest BCUT2D eigenvalue weighted by atomic mass is 35.5. The Hall–Kier alpha value is -5.81. The fourth-order valence-electron chi connectivity index (χ4n) is 7.36. The zero-order valence-corrected chi connectivity index (χ0v) is 30.8.